The van der Waals surface area contributed by atoms with Crippen LogP contribution in [0.5, 0.6) is 0 Å². The highest BCUT2D eigenvalue weighted by atomic mass is 15.2. The minimum atomic E-state index is 0.307. The molecule has 0 aliphatic heterocycles. The van der Waals surface area contributed by atoms with Crippen LogP contribution in [0.3, 0.4) is 0 Å². The number of hydrogen-bond acceptors (Lipinski definition) is 1. The third-order valence-electron chi connectivity index (χ3n) is 11.0. The summed E-state index contributed by atoms with van der Waals surface area (Å²) in [6.07, 6.45) is 48.8. The van der Waals surface area contributed by atoms with Crippen LogP contribution in [0, 0.1) is 0 Å². The van der Waals surface area contributed by atoms with Crippen LogP contribution in [0.1, 0.15) is 267 Å². The van der Waals surface area contributed by atoms with Crippen LogP contribution in [-0.4, -0.2) is 22.5 Å². The molecule has 0 bridgehead atoms. The first-order valence-electron chi connectivity index (χ1n) is 21.6. The highest BCUT2D eigenvalue weighted by molar-refractivity contribution is 4.92. The molecule has 0 aromatic heterocycles. The normalized spacial score (nSPS) is 12.5. The molecule has 0 amide bonds. The van der Waals surface area contributed by atoms with Gasteiger partial charge in [-0.3, -0.25) is 4.90 Å². The number of rotatable bonds is 37. The second kappa shape index (κ2) is 32.5. The fourth-order valence-electron chi connectivity index (χ4n) is 7.90. The van der Waals surface area contributed by atoms with Gasteiger partial charge in [-0.25, -0.2) is 0 Å². The largest absolute Gasteiger partial charge is 0.293 e. The number of nitrogens with zero attached hydrogens (tertiary/aromatic N) is 1. The van der Waals surface area contributed by atoms with Gasteiger partial charge in [0.2, 0.25) is 0 Å². The molecule has 0 N–H and O–H groups in total. The lowest BCUT2D eigenvalue weighted by atomic mass is 9.85. The maximum absolute atomic E-state index is 2.97. The minimum absolute atomic E-state index is 0.307. The van der Waals surface area contributed by atoms with Crippen molar-refractivity contribution in [1.82, 2.24) is 4.90 Å². The number of hydrogen-bond donors (Lipinski definition) is 0. The van der Waals surface area contributed by atoms with Gasteiger partial charge in [0.15, 0.2) is 0 Å². The van der Waals surface area contributed by atoms with E-state index in [9.17, 15) is 0 Å². The molecular weight excluding hydrogens is 542 g/mol. The van der Waals surface area contributed by atoms with Gasteiger partial charge in [-0.15, -0.1) is 0 Å². The molecule has 0 radical (unpaired) electrons. The summed E-state index contributed by atoms with van der Waals surface area (Å²) in [6, 6.07) is 0. The Kier molecular flexibility index (Phi) is 32.5. The lowest BCUT2D eigenvalue weighted by Crippen LogP contribution is -2.55. The molecule has 0 aromatic carbocycles. The van der Waals surface area contributed by atoms with Crippen molar-refractivity contribution < 1.29 is 0 Å². The molecule has 0 saturated carbocycles. The van der Waals surface area contributed by atoms with Gasteiger partial charge >= 0.3 is 0 Å². The predicted molar refractivity (Wildman–Crippen MR) is 209 cm³/mol. The van der Waals surface area contributed by atoms with Gasteiger partial charge in [-0.2, -0.15) is 0 Å². The first-order valence-corrected chi connectivity index (χ1v) is 21.6. The molecule has 0 fully saturated rings. The monoisotopic (exact) mass is 634 g/mol. The van der Waals surface area contributed by atoms with E-state index in [2.05, 4.69) is 53.4 Å². The molecule has 1 nitrogen and oxygen atoms in total. The minimum Gasteiger partial charge on any atom is -0.293 e. The molecule has 0 spiro atoms. The van der Waals surface area contributed by atoms with Crippen LogP contribution >= 0.6 is 0 Å². The summed E-state index contributed by atoms with van der Waals surface area (Å²) in [7, 11) is 0. The topological polar surface area (TPSA) is 3.24 Å². The maximum Gasteiger partial charge on any atom is 0.0158 e. The summed E-state index contributed by atoms with van der Waals surface area (Å²) in [5.74, 6) is 0. The molecule has 0 heterocycles. The fraction of sp³-hybridized carbons (Fsp3) is 1.00. The molecule has 45 heavy (non-hydrogen) atoms. The zero-order chi connectivity index (χ0) is 33.3. The second-order valence-corrected chi connectivity index (χ2v) is 16.5. The number of unbranched alkanes of at least 4 members (excludes halogenated alkanes) is 29. The van der Waals surface area contributed by atoms with E-state index in [0.29, 0.717) is 11.1 Å². The van der Waals surface area contributed by atoms with Crippen molar-refractivity contribution in [1.29, 1.82) is 0 Å². The summed E-state index contributed by atoms with van der Waals surface area (Å²) in [5.41, 5.74) is 0.614. The van der Waals surface area contributed by atoms with Crippen LogP contribution in [0.2, 0.25) is 0 Å². The van der Waals surface area contributed by atoms with E-state index in [1.165, 1.54) is 225 Å². The van der Waals surface area contributed by atoms with Gasteiger partial charge in [0.05, 0.1) is 0 Å². The predicted octanol–water partition coefficient (Wildman–Crippen LogP) is 16.2. The lowest BCUT2D eigenvalue weighted by molar-refractivity contribution is 0.00151. The van der Waals surface area contributed by atoms with Crippen LogP contribution in [-0.2, 0) is 0 Å². The van der Waals surface area contributed by atoms with Crippen LogP contribution in [0.25, 0.3) is 0 Å². The highest BCUT2D eigenvalue weighted by Gasteiger charge is 2.36. The molecule has 0 aromatic rings. The van der Waals surface area contributed by atoms with Crippen molar-refractivity contribution in [2.45, 2.75) is 278 Å². The zero-order valence-corrected chi connectivity index (χ0v) is 33.2. The van der Waals surface area contributed by atoms with E-state index >= 15 is 0 Å². The molecule has 0 atom stereocenters. The Labute approximate surface area is 288 Å². The quantitative estimate of drug-likeness (QED) is 0.0615. The van der Waals surface area contributed by atoms with Gasteiger partial charge < -0.3 is 0 Å². The molecule has 1 heteroatoms. The standard InChI is InChI=1S/C44H91N/c1-8-11-14-17-20-22-24-26-28-30-32-34-37-40-43(4,5)45(42-39-36-19-16-13-10-3)44(6,7)41-38-35-33-31-29-27-25-23-21-18-15-12-9-2/h8-42H2,1-7H3. The maximum atomic E-state index is 2.97. The molecule has 0 unspecified atom stereocenters. The average Bonchev–Trinajstić information content (AvgIpc) is 3.01. The molecule has 272 valence electrons. The van der Waals surface area contributed by atoms with Crippen molar-refractivity contribution in [2.75, 3.05) is 6.54 Å². The van der Waals surface area contributed by atoms with Crippen molar-refractivity contribution in [3.05, 3.63) is 0 Å². The van der Waals surface area contributed by atoms with E-state index < -0.39 is 0 Å². The van der Waals surface area contributed by atoms with E-state index in [1.54, 1.807) is 0 Å². The summed E-state index contributed by atoms with van der Waals surface area (Å²) in [6.45, 7) is 18.6. The Morgan fingerprint density at radius 3 is 0.711 bits per heavy atom. The smallest absolute Gasteiger partial charge is 0.0158 e. The van der Waals surface area contributed by atoms with Gasteiger partial charge in [-0.05, 0) is 53.5 Å². The Morgan fingerprint density at radius 1 is 0.267 bits per heavy atom. The van der Waals surface area contributed by atoms with Gasteiger partial charge in [0, 0.05) is 11.1 Å². The van der Waals surface area contributed by atoms with Crippen molar-refractivity contribution in [3.63, 3.8) is 0 Å². The Morgan fingerprint density at radius 2 is 0.467 bits per heavy atom. The summed E-state index contributed by atoms with van der Waals surface area (Å²) >= 11 is 0. The van der Waals surface area contributed by atoms with Crippen molar-refractivity contribution in [2.24, 2.45) is 0 Å². The molecular formula is C44H91N. The van der Waals surface area contributed by atoms with Crippen molar-refractivity contribution in [3.8, 4) is 0 Å². The second-order valence-electron chi connectivity index (χ2n) is 16.5. The highest BCUT2D eigenvalue weighted by Crippen LogP contribution is 2.34. The summed E-state index contributed by atoms with van der Waals surface area (Å²) in [5, 5.41) is 0. The van der Waals surface area contributed by atoms with E-state index in [1.807, 2.05) is 0 Å². The fourth-order valence-corrected chi connectivity index (χ4v) is 7.90. The van der Waals surface area contributed by atoms with E-state index in [0.717, 1.165) is 0 Å². The van der Waals surface area contributed by atoms with E-state index in [-0.39, 0.29) is 0 Å². The zero-order valence-electron chi connectivity index (χ0n) is 33.2. The first kappa shape index (κ1) is 45.0. The summed E-state index contributed by atoms with van der Waals surface area (Å²) < 4.78 is 0. The third-order valence-corrected chi connectivity index (χ3v) is 11.0. The van der Waals surface area contributed by atoms with Gasteiger partial charge in [-0.1, -0.05) is 220 Å². The Balaban J connectivity index is 4.38. The first-order chi connectivity index (χ1) is 21.8. The van der Waals surface area contributed by atoms with Gasteiger partial charge in [0.25, 0.3) is 0 Å². The Bertz CT molecular complexity index is 521. The lowest BCUT2D eigenvalue weighted by Gasteiger charge is -2.49. The molecule has 0 aliphatic carbocycles. The van der Waals surface area contributed by atoms with Crippen molar-refractivity contribution >= 4 is 0 Å². The molecule has 0 aliphatic rings. The molecule has 0 saturated heterocycles. The van der Waals surface area contributed by atoms with Crippen LogP contribution < -0.4 is 0 Å². The van der Waals surface area contributed by atoms with Crippen LogP contribution in [0.4, 0.5) is 0 Å². The third kappa shape index (κ3) is 28.7. The average molecular weight is 634 g/mol. The van der Waals surface area contributed by atoms with E-state index in [4.69, 9.17) is 0 Å². The van der Waals surface area contributed by atoms with Gasteiger partial charge in [0.1, 0.15) is 0 Å². The summed E-state index contributed by atoms with van der Waals surface area (Å²) in [4.78, 5) is 2.97. The molecule has 0 rings (SSSR count). The SMILES string of the molecule is CCCCCCCCCCCCCCCC(C)(C)N(CCCCCCCC)C(C)(C)CCCCCCCCCCCCCCC. The Hall–Kier alpha value is -0.0400. The van der Waals surface area contributed by atoms with Crippen LogP contribution in [0.15, 0.2) is 0 Å².